The molecule has 0 saturated heterocycles. The van der Waals surface area contributed by atoms with Crippen LogP contribution in [0.1, 0.15) is 38.8 Å². The summed E-state index contributed by atoms with van der Waals surface area (Å²) >= 11 is 0. The maximum atomic E-state index is 12.4. The molecule has 0 aromatic heterocycles. The number of ether oxygens (including phenoxy) is 1. The van der Waals surface area contributed by atoms with Crippen molar-refractivity contribution in [2.45, 2.75) is 45.9 Å². The topological polar surface area (TPSA) is 41.5 Å². The Hall–Kier alpha value is -1.20. The number of rotatable bonds is 8. The molecule has 0 aliphatic rings. The van der Waals surface area contributed by atoms with Crippen LogP contribution in [0.5, 0.6) is 5.75 Å². The Morgan fingerprint density at radius 1 is 1.20 bits per heavy atom. The number of para-hydroxylation sites is 1. The SMILES string of the molecule is CC(NC(CCO)C(C)C)c1ccccc1OC(F)F. The van der Waals surface area contributed by atoms with Crippen molar-refractivity contribution in [1.29, 1.82) is 0 Å². The molecule has 1 aromatic carbocycles. The lowest BCUT2D eigenvalue weighted by atomic mass is 9.98. The van der Waals surface area contributed by atoms with Crippen molar-refractivity contribution in [2.24, 2.45) is 5.92 Å². The Balaban J connectivity index is 2.82. The summed E-state index contributed by atoms with van der Waals surface area (Å²) < 4.78 is 29.3. The highest BCUT2D eigenvalue weighted by Crippen LogP contribution is 2.27. The lowest BCUT2D eigenvalue weighted by molar-refractivity contribution is -0.0507. The molecule has 0 aliphatic carbocycles. The van der Waals surface area contributed by atoms with Crippen molar-refractivity contribution < 1.29 is 18.6 Å². The molecule has 114 valence electrons. The molecule has 0 fully saturated rings. The third-order valence-electron chi connectivity index (χ3n) is 3.31. The van der Waals surface area contributed by atoms with Crippen molar-refractivity contribution in [3.63, 3.8) is 0 Å². The van der Waals surface area contributed by atoms with Crippen LogP contribution in [-0.4, -0.2) is 24.4 Å². The van der Waals surface area contributed by atoms with Crippen molar-refractivity contribution >= 4 is 0 Å². The first-order valence-corrected chi connectivity index (χ1v) is 6.86. The molecule has 1 aromatic rings. The Morgan fingerprint density at radius 2 is 1.85 bits per heavy atom. The first kappa shape index (κ1) is 16.9. The van der Waals surface area contributed by atoms with Gasteiger partial charge in [0.1, 0.15) is 5.75 Å². The number of aliphatic hydroxyl groups excluding tert-OH is 1. The standard InChI is InChI=1S/C15H23F2NO2/c1-10(2)13(8-9-19)18-11(3)12-6-4-5-7-14(12)20-15(16)17/h4-7,10-11,13,15,18-19H,8-9H2,1-3H3. The summed E-state index contributed by atoms with van der Waals surface area (Å²) in [6, 6.07) is 6.75. The van der Waals surface area contributed by atoms with Gasteiger partial charge in [0.25, 0.3) is 0 Å². The van der Waals surface area contributed by atoms with E-state index in [1.54, 1.807) is 18.2 Å². The smallest absolute Gasteiger partial charge is 0.387 e. The molecule has 0 spiro atoms. The fraction of sp³-hybridized carbons (Fsp3) is 0.600. The molecule has 1 rings (SSSR count). The fourth-order valence-electron chi connectivity index (χ4n) is 2.20. The van der Waals surface area contributed by atoms with Crippen molar-refractivity contribution in [1.82, 2.24) is 5.32 Å². The van der Waals surface area contributed by atoms with Gasteiger partial charge in [0, 0.05) is 24.3 Å². The van der Waals surface area contributed by atoms with Crippen LogP contribution < -0.4 is 10.1 Å². The molecular weight excluding hydrogens is 264 g/mol. The van der Waals surface area contributed by atoms with E-state index >= 15 is 0 Å². The second-order valence-electron chi connectivity index (χ2n) is 5.17. The highest BCUT2D eigenvalue weighted by Gasteiger charge is 2.19. The zero-order valence-corrected chi connectivity index (χ0v) is 12.1. The second-order valence-corrected chi connectivity index (χ2v) is 5.17. The molecule has 20 heavy (non-hydrogen) atoms. The van der Waals surface area contributed by atoms with Gasteiger partial charge in [-0.05, 0) is 25.3 Å². The molecule has 0 aliphatic heterocycles. The number of benzene rings is 1. The highest BCUT2D eigenvalue weighted by molar-refractivity contribution is 5.35. The minimum Gasteiger partial charge on any atom is -0.434 e. The van der Waals surface area contributed by atoms with Gasteiger partial charge in [-0.1, -0.05) is 32.0 Å². The molecule has 2 atom stereocenters. The van der Waals surface area contributed by atoms with E-state index < -0.39 is 6.61 Å². The number of alkyl halides is 2. The van der Waals surface area contributed by atoms with E-state index in [9.17, 15) is 8.78 Å². The van der Waals surface area contributed by atoms with Crippen LogP contribution in [0.25, 0.3) is 0 Å². The maximum absolute atomic E-state index is 12.4. The van der Waals surface area contributed by atoms with Gasteiger partial charge in [-0.3, -0.25) is 0 Å². The Kier molecular flexibility index (Phi) is 6.88. The van der Waals surface area contributed by atoms with Gasteiger partial charge in [-0.15, -0.1) is 0 Å². The zero-order valence-electron chi connectivity index (χ0n) is 12.1. The van der Waals surface area contributed by atoms with Gasteiger partial charge >= 0.3 is 6.61 Å². The third-order valence-corrected chi connectivity index (χ3v) is 3.31. The highest BCUT2D eigenvalue weighted by atomic mass is 19.3. The Labute approximate surface area is 119 Å². The number of hydrogen-bond donors (Lipinski definition) is 2. The molecule has 5 heteroatoms. The Bertz CT molecular complexity index is 399. The van der Waals surface area contributed by atoms with Crippen molar-refractivity contribution in [3.8, 4) is 5.75 Å². The largest absolute Gasteiger partial charge is 0.434 e. The predicted molar refractivity (Wildman–Crippen MR) is 75.0 cm³/mol. The Morgan fingerprint density at radius 3 is 2.40 bits per heavy atom. The second kappa shape index (κ2) is 8.17. The fourth-order valence-corrected chi connectivity index (χ4v) is 2.20. The van der Waals surface area contributed by atoms with Crippen LogP contribution in [0.3, 0.4) is 0 Å². The molecule has 0 saturated carbocycles. The summed E-state index contributed by atoms with van der Waals surface area (Å²) in [6.45, 7) is 3.28. The quantitative estimate of drug-likeness (QED) is 0.770. The lowest BCUT2D eigenvalue weighted by Crippen LogP contribution is -2.36. The zero-order chi connectivity index (χ0) is 15.1. The number of halogens is 2. The van der Waals surface area contributed by atoms with Crippen LogP contribution in [0.4, 0.5) is 8.78 Å². The first-order chi connectivity index (χ1) is 9.45. The van der Waals surface area contributed by atoms with E-state index in [1.807, 2.05) is 6.92 Å². The van der Waals surface area contributed by atoms with Crippen LogP contribution in [-0.2, 0) is 0 Å². The minimum atomic E-state index is -2.83. The normalized spacial score (nSPS) is 14.6. The average molecular weight is 287 g/mol. The van der Waals surface area contributed by atoms with Gasteiger partial charge in [-0.2, -0.15) is 8.78 Å². The first-order valence-electron chi connectivity index (χ1n) is 6.86. The van der Waals surface area contributed by atoms with E-state index in [-0.39, 0.29) is 24.4 Å². The molecule has 3 nitrogen and oxygen atoms in total. The number of aliphatic hydroxyl groups is 1. The summed E-state index contributed by atoms with van der Waals surface area (Å²) in [5.41, 5.74) is 0.691. The third kappa shape index (κ3) is 5.06. The van der Waals surface area contributed by atoms with Gasteiger partial charge in [0.05, 0.1) is 0 Å². The summed E-state index contributed by atoms with van der Waals surface area (Å²) in [6.07, 6.45) is 0.625. The maximum Gasteiger partial charge on any atom is 0.387 e. The van der Waals surface area contributed by atoms with Crippen LogP contribution in [0.2, 0.25) is 0 Å². The molecule has 0 radical (unpaired) electrons. The van der Waals surface area contributed by atoms with Gasteiger partial charge in [-0.25, -0.2) is 0 Å². The van der Waals surface area contributed by atoms with Gasteiger partial charge < -0.3 is 15.2 Å². The summed E-state index contributed by atoms with van der Waals surface area (Å²) in [5, 5.41) is 12.4. The van der Waals surface area contributed by atoms with Crippen LogP contribution >= 0.6 is 0 Å². The molecule has 2 unspecified atom stereocenters. The predicted octanol–water partition coefficient (Wildman–Crippen LogP) is 3.35. The monoisotopic (exact) mass is 287 g/mol. The minimum absolute atomic E-state index is 0.0950. The molecule has 0 amide bonds. The van der Waals surface area contributed by atoms with E-state index in [2.05, 4.69) is 23.9 Å². The molecule has 2 N–H and O–H groups in total. The average Bonchev–Trinajstić information content (AvgIpc) is 2.37. The lowest BCUT2D eigenvalue weighted by Gasteiger charge is -2.27. The van der Waals surface area contributed by atoms with Crippen molar-refractivity contribution in [3.05, 3.63) is 29.8 Å². The molecular formula is C15H23F2NO2. The molecule has 0 heterocycles. The molecule has 0 bridgehead atoms. The van der Waals surface area contributed by atoms with E-state index in [1.165, 1.54) is 6.07 Å². The van der Waals surface area contributed by atoms with Crippen LogP contribution in [0.15, 0.2) is 24.3 Å². The van der Waals surface area contributed by atoms with E-state index in [0.29, 0.717) is 17.9 Å². The van der Waals surface area contributed by atoms with Gasteiger partial charge in [0.15, 0.2) is 0 Å². The number of nitrogens with one attached hydrogen (secondary N) is 1. The summed E-state index contributed by atoms with van der Waals surface area (Å²) in [7, 11) is 0. The summed E-state index contributed by atoms with van der Waals surface area (Å²) in [5.74, 6) is 0.529. The summed E-state index contributed by atoms with van der Waals surface area (Å²) in [4.78, 5) is 0. The van der Waals surface area contributed by atoms with E-state index in [4.69, 9.17) is 5.11 Å². The van der Waals surface area contributed by atoms with Crippen molar-refractivity contribution in [2.75, 3.05) is 6.61 Å². The number of hydrogen-bond acceptors (Lipinski definition) is 3. The van der Waals surface area contributed by atoms with Crippen LogP contribution in [0, 0.1) is 5.92 Å². The van der Waals surface area contributed by atoms with Gasteiger partial charge in [0.2, 0.25) is 0 Å². The van der Waals surface area contributed by atoms with E-state index in [0.717, 1.165) is 0 Å².